The third-order valence-corrected chi connectivity index (χ3v) is 3.48. The quantitative estimate of drug-likeness (QED) is 0.877. The number of hydrogen-bond acceptors (Lipinski definition) is 5. The van der Waals surface area contributed by atoms with Gasteiger partial charge in [-0.05, 0) is 25.1 Å². The number of aryl methyl sites for hydroxylation is 2. The van der Waals surface area contributed by atoms with E-state index in [1.165, 1.54) is 21.3 Å². The number of aromatic nitrogens is 2. The van der Waals surface area contributed by atoms with E-state index in [0.29, 0.717) is 29.4 Å². The highest BCUT2D eigenvalue weighted by Gasteiger charge is 2.20. The van der Waals surface area contributed by atoms with Crippen molar-refractivity contribution in [2.45, 2.75) is 13.5 Å². The molecule has 1 heterocycles. The van der Waals surface area contributed by atoms with E-state index in [1.807, 2.05) is 20.0 Å². The molecule has 1 amide bonds. The third kappa shape index (κ3) is 3.39. The van der Waals surface area contributed by atoms with Crippen LogP contribution in [-0.2, 0) is 13.6 Å². The molecular formula is C16H21N3O4. The molecule has 0 aliphatic heterocycles. The minimum Gasteiger partial charge on any atom is -0.493 e. The zero-order valence-electron chi connectivity index (χ0n) is 14.0. The van der Waals surface area contributed by atoms with E-state index in [2.05, 4.69) is 10.4 Å². The van der Waals surface area contributed by atoms with Crippen LogP contribution >= 0.6 is 0 Å². The molecule has 7 heteroatoms. The van der Waals surface area contributed by atoms with Crippen molar-refractivity contribution in [3.63, 3.8) is 0 Å². The molecule has 0 aliphatic carbocycles. The van der Waals surface area contributed by atoms with Gasteiger partial charge in [0.25, 0.3) is 5.91 Å². The van der Waals surface area contributed by atoms with E-state index in [9.17, 15) is 4.79 Å². The Hall–Kier alpha value is -2.70. The minimum atomic E-state index is -0.262. The molecule has 7 nitrogen and oxygen atoms in total. The zero-order chi connectivity index (χ0) is 17.0. The monoisotopic (exact) mass is 319 g/mol. The summed E-state index contributed by atoms with van der Waals surface area (Å²) in [4.78, 5) is 12.5. The van der Waals surface area contributed by atoms with E-state index in [0.717, 1.165) is 11.4 Å². The minimum absolute atomic E-state index is 0.262. The normalized spacial score (nSPS) is 10.3. The maximum atomic E-state index is 12.5. The Bertz CT molecular complexity index is 710. The summed E-state index contributed by atoms with van der Waals surface area (Å²) in [6.07, 6.45) is 0. The summed E-state index contributed by atoms with van der Waals surface area (Å²) >= 11 is 0. The number of ether oxygens (including phenoxy) is 3. The largest absolute Gasteiger partial charge is 0.493 e. The van der Waals surface area contributed by atoms with Crippen LogP contribution in [0.5, 0.6) is 17.2 Å². The van der Waals surface area contributed by atoms with E-state index >= 15 is 0 Å². The Balaban J connectivity index is 2.23. The molecule has 0 bridgehead atoms. The molecule has 0 aliphatic rings. The molecule has 124 valence electrons. The number of methoxy groups -OCH3 is 3. The van der Waals surface area contributed by atoms with Gasteiger partial charge < -0.3 is 19.5 Å². The molecule has 0 saturated carbocycles. The molecule has 1 N–H and O–H groups in total. The van der Waals surface area contributed by atoms with Crippen molar-refractivity contribution in [1.82, 2.24) is 15.1 Å². The van der Waals surface area contributed by atoms with Crippen LogP contribution in [0.25, 0.3) is 0 Å². The SMILES string of the molecule is COc1ccc(C(=O)NCc2cc(C)nn2C)c(OC)c1OC. The van der Waals surface area contributed by atoms with E-state index in [4.69, 9.17) is 14.2 Å². The van der Waals surface area contributed by atoms with Crippen LogP contribution in [-0.4, -0.2) is 37.0 Å². The van der Waals surface area contributed by atoms with Crippen LogP contribution < -0.4 is 19.5 Å². The number of amides is 1. The maximum absolute atomic E-state index is 12.5. The molecule has 0 radical (unpaired) electrons. The smallest absolute Gasteiger partial charge is 0.255 e. The number of carbonyl (C=O) groups is 1. The molecule has 23 heavy (non-hydrogen) atoms. The number of rotatable bonds is 6. The Morgan fingerprint density at radius 1 is 1.17 bits per heavy atom. The molecule has 1 aromatic heterocycles. The van der Waals surface area contributed by atoms with Gasteiger partial charge in [-0.2, -0.15) is 5.10 Å². The van der Waals surface area contributed by atoms with Crippen LogP contribution in [0.1, 0.15) is 21.7 Å². The van der Waals surface area contributed by atoms with Crippen molar-refractivity contribution < 1.29 is 19.0 Å². The highest BCUT2D eigenvalue weighted by molar-refractivity contribution is 5.98. The summed E-state index contributed by atoms with van der Waals surface area (Å²) in [5.41, 5.74) is 2.19. The van der Waals surface area contributed by atoms with Crippen LogP contribution in [0, 0.1) is 6.92 Å². The Morgan fingerprint density at radius 3 is 2.39 bits per heavy atom. The molecule has 2 rings (SSSR count). The number of carbonyl (C=O) groups excluding carboxylic acids is 1. The van der Waals surface area contributed by atoms with Crippen molar-refractivity contribution in [1.29, 1.82) is 0 Å². The van der Waals surface area contributed by atoms with Gasteiger partial charge in [0.15, 0.2) is 11.5 Å². The van der Waals surface area contributed by atoms with Crippen molar-refractivity contribution >= 4 is 5.91 Å². The summed E-state index contributed by atoms with van der Waals surface area (Å²) in [6, 6.07) is 5.24. The first-order valence-electron chi connectivity index (χ1n) is 7.08. The van der Waals surface area contributed by atoms with Gasteiger partial charge >= 0.3 is 0 Å². The van der Waals surface area contributed by atoms with E-state index in [1.54, 1.807) is 16.8 Å². The van der Waals surface area contributed by atoms with Crippen LogP contribution in [0.15, 0.2) is 18.2 Å². The second-order valence-electron chi connectivity index (χ2n) is 4.97. The fourth-order valence-electron chi connectivity index (χ4n) is 2.38. The van der Waals surface area contributed by atoms with Gasteiger partial charge in [0.2, 0.25) is 5.75 Å². The topological polar surface area (TPSA) is 74.6 Å². The van der Waals surface area contributed by atoms with Crippen LogP contribution in [0.4, 0.5) is 0 Å². The molecule has 0 atom stereocenters. The van der Waals surface area contributed by atoms with Gasteiger partial charge in [-0.1, -0.05) is 0 Å². The average Bonchev–Trinajstić information content (AvgIpc) is 2.88. The summed E-state index contributed by atoms with van der Waals surface area (Å²) in [7, 11) is 6.35. The standard InChI is InChI=1S/C16H21N3O4/c1-10-8-11(19(2)18-10)9-17-16(20)12-6-7-13(21-3)15(23-5)14(12)22-4/h6-8H,9H2,1-5H3,(H,17,20). The Kier molecular flexibility index (Phi) is 5.10. The number of nitrogens with one attached hydrogen (secondary N) is 1. The Morgan fingerprint density at radius 2 is 1.87 bits per heavy atom. The zero-order valence-corrected chi connectivity index (χ0v) is 14.0. The lowest BCUT2D eigenvalue weighted by molar-refractivity contribution is 0.0946. The summed E-state index contributed by atoms with van der Waals surface area (Å²) in [5.74, 6) is 0.967. The number of hydrogen-bond donors (Lipinski definition) is 1. The van der Waals surface area contributed by atoms with Crippen molar-refractivity contribution in [3.8, 4) is 17.2 Å². The predicted octanol–water partition coefficient (Wildman–Crippen LogP) is 1.68. The lowest BCUT2D eigenvalue weighted by atomic mass is 10.1. The lowest BCUT2D eigenvalue weighted by Gasteiger charge is -2.15. The molecule has 0 unspecified atom stereocenters. The van der Waals surface area contributed by atoms with Gasteiger partial charge in [0, 0.05) is 7.05 Å². The van der Waals surface area contributed by atoms with Crippen molar-refractivity contribution in [2.24, 2.45) is 7.05 Å². The number of nitrogens with zero attached hydrogens (tertiary/aromatic N) is 2. The van der Waals surface area contributed by atoms with E-state index in [-0.39, 0.29) is 5.91 Å². The fourth-order valence-corrected chi connectivity index (χ4v) is 2.38. The molecule has 1 aromatic carbocycles. The maximum Gasteiger partial charge on any atom is 0.255 e. The third-order valence-electron chi connectivity index (χ3n) is 3.48. The van der Waals surface area contributed by atoms with Gasteiger partial charge in [-0.3, -0.25) is 9.48 Å². The fraction of sp³-hybridized carbons (Fsp3) is 0.375. The second-order valence-corrected chi connectivity index (χ2v) is 4.97. The summed E-state index contributed by atoms with van der Waals surface area (Å²) in [5, 5.41) is 7.11. The Labute approximate surface area is 135 Å². The van der Waals surface area contributed by atoms with Gasteiger partial charge in [0.05, 0.1) is 44.8 Å². The van der Waals surface area contributed by atoms with Crippen molar-refractivity contribution in [2.75, 3.05) is 21.3 Å². The number of benzene rings is 1. The molecule has 0 spiro atoms. The van der Waals surface area contributed by atoms with E-state index < -0.39 is 0 Å². The molecule has 0 fully saturated rings. The summed E-state index contributed by atoms with van der Waals surface area (Å²) < 4.78 is 17.6. The van der Waals surface area contributed by atoms with Gasteiger partial charge in [-0.25, -0.2) is 0 Å². The molecule has 0 saturated heterocycles. The first-order valence-corrected chi connectivity index (χ1v) is 7.08. The van der Waals surface area contributed by atoms with Gasteiger partial charge in [0.1, 0.15) is 0 Å². The molecular weight excluding hydrogens is 298 g/mol. The van der Waals surface area contributed by atoms with Crippen molar-refractivity contribution in [3.05, 3.63) is 35.2 Å². The summed E-state index contributed by atoms with van der Waals surface area (Å²) in [6.45, 7) is 2.27. The first kappa shape index (κ1) is 16.7. The highest BCUT2D eigenvalue weighted by atomic mass is 16.5. The van der Waals surface area contributed by atoms with Crippen LogP contribution in [0.2, 0.25) is 0 Å². The average molecular weight is 319 g/mol. The highest BCUT2D eigenvalue weighted by Crippen LogP contribution is 2.39. The predicted molar refractivity (Wildman–Crippen MR) is 85.2 cm³/mol. The molecule has 2 aromatic rings. The van der Waals surface area contributed by atoms with Crippen LogP contribution in [0.3, 0.4) is 0 Å². The van der Waals surface area contributed by atoms with Gasteiger partial charge in [-0.15, -0.1) is 0 Å². The second kappa shape index (κ2) is 7.04. The lowest BCUT2D eigenvalue weighted by Crippen LogP contribution is -2.24. The first-order chi connectivity index (χ1) is 11.0.